The molecule has 0 aliphatic carbocycles. The van der Waals surface area contributed by atoms with Crippen molar-refractivity contribution in [2.24, 2.45) is 11.8 Å². The number of hydrogen-bond donors (Lipinski definition) is 2. The van der Waals surface area contributed by atoms with Gasteiger partial charge in [-0.2, -0.15) is 4.98 Å². The molecule has 0 spiro atoms. The number of nitrogen functional groups attached to an aromatic ring is 1. The maximum Gasteiger partial charge on any atom is 0.239 e. The first-order valence-electron chi connectivity index (χ1n) is 7.72. The summed E-state index contributed by atoms with van der Waals surface area (Å²) >= 11 is 0. The second kappa shape index (κ2) is 6.53. The quantitative estimate of drug-likeness (QED) is 0.642. The smallest absolute Gasteiger partial charge is 0.239 e. The Balaban J connectivity index is 1.57. The predicted octanol–water partition coefficient (Wildman–Crippen LogP) is 1.21. The van der Waals surface area contributed by atoms with E-state index in [-0.39, 0.29) is 11.8 Å². The van der Waals surface area contributed by atoms with E-state index in [1.165, 1.54) is 38.7 Å². The molecule has 7 heteroatoms. The molecule has 0 unspecified atom stereocenters. The van der Waals surface area contributed by atoms with Gasteiger partial charge in [-0.3, -0.25) is 5.43 Å². The molecule has 3 heterocycles. The summed E-state index contributed by atoms with van der Waals surface area (Å²) in [4.78, 5) is 12.5. The van der Waals surface area contributed by atoms with Crippen LogP contribution in [0.1, 0.15) is 25.7 Å². The summed E-state index contributed by atoms with van der Waals surface area (Å²) in [6.07, 6.45) is 6.02. The van der Waals surface area contributed by atoms with Crippen molar-refractivity contribution in [2.75, 3.05) is 43.0 Å². The second-order valence-corrected chi connectivity index (χ2v) is 5.95. The van der Waals surface area contributed by atoms with Crippen molar-refractivity contribution < 1.29 is 4.39 Å². The first kappa shape index (κ1) is 14.5. The van der Waals surface area contributed by atoms with E-state index in [1.54, 1.807) is 0 Å². The number of nitrogens with two attached hydrogens (primary N) is 1. The highest BCUT2D eigenvalue weighted by molar-refractivity contribution is 5.43. The zero-order valence-corrected chi connectivity index (χ0v) is 12.3. The number of piperidine rings is 1. The van der Waals surface area contributed by atoms with Gasteiger partial charge in [-0.1, -0.05) is 0 Å². The van der Waals surface area contributed by atoms with Crippen molar-refractivity contribution in [1.82, 2.24) is 14.9 Å². The van der Waals surface area contributed by atoms with E-state index in [2.05, 4.69) is 20.3 Å². The Labute approximate surface area is 124 Å². The minimum atomic E-state index is -0.382. The molecule has 3 rings (SSSR count). The molecule has 0 amide bonds. The lowest BCUT2D eigenvalue weighted by Gasteiger charge is -2.34. The Morgan fingerprint density at radius 1 is 1.24 bits per heavy atom. The highest BCUT2D eigenvalue weighted by Gasteiger charge is 2.25. The molecule has 21 heavy (non-hydrogen) atoms. The monoisotopic (exact) mass is 294 g/mol. The zero-order valence-electron chi connectivity index (χ0n) is 12.3. The average molecular weight is 294 g/mol. The van der Waals surface area contributed by atoms with Crippen LogP contribution in [0, 0.1) is 11.7 Å². The Morgan fingerprint density at radius 3 is 2.62 bits per heavy atom. The molecule has 0 atom stereocenters. The molecule has 116 valence electrons. The lowest BCUT2D eigenvalue weighted by atomic mass is 9.96. The van der Waals surface area contributed by atoms with Crippen LogP contribution in [-0.4, -0.2) is 47.6 Å². The summed E-state index contributed by atoms with van der Waals surface area (Å²) in [6, 6.07) is 0. The lowest BCUT2D eigenvalue weighted by Crippen LogP contribution is -2.39. The minimum absolute atomic E-state index is 0.255. The van der Waals surface area contributed by atoms with Gasteiger partial charge in [0.1, 0.15) is 0 Å². The molecule has 0 aromatic carbocycles. The highest BCUT2D eigenvalue weighted by atomic mass is 19.1. The molecule has 2 aliphatic heterocycles. The summed E-state index contributed by atoms with van der Waals surface area (Å²) in [7, 11) is 0. The number of hydrogen-bond acceptors (Lipinski definition) is 6. The van der Waals surface area contributed by atoms with Gasteiger partial charge in [0, 0.05) is 19.6 Å². The molecule has 0 saturated carbocycles. The van der Waals surface area contributed by atoms with E-state index in [4.69, 9.17) is 5.84 Å². The second-order valence-electron chi connectivity index (χ2n) is 5.95. The van der Waals surface area contributed by atoms with Crippen molar-refractivity contribution in [3.8, 4) is 0 Å². The fraction of sp³-hybridized carbons (Fsp3) is 0.714. The largest absolute Gasteiger partial charge is 0.354 e. The molecule has 6 nitrogen and oxygen atoms in total. The Morgan fingerprint density at radius 2 is 1.95 bits per heavy atom. The predicted molar refractivity (Wildman–Crippen MR) is 80.4 cm³/mol. The van der Waals surface area contributed by atoms with Crippen LogP contribution >= 0.6 is 0 Å². The normalized spacial score (nSPS) is 21.0. The van der Waals surface area contributed by atoms with Crippen LogP contribution in [0.25, 0.3) is 0 Å². The van der Waals surface area contributed by atoms with Crippen LogP contribution in [0.15, 0.2) is 6.20 Å². The third kappa shape index (κ3) is 3.41. The standard InChI is InChI=1S/C14H23FN6/c15-12-9-17-14(19-16)18-13(12)21-7-3-11(4-8-21)10-20-5-1-2-6-20/h9,11H,1-8,10,16H2,(H,17,18,19). The van der Waals surface area contributed by atoms with Gasteiger partial charge in [-0.15, -0.1) is 0 Å². The zero-order chi connectivity index (χ0) is 14.7. The third-order valence-electron chi connectivity index (χ3n) is 4.48. The molecule has 2 fully saturated rings. The number of rotatable bonds is 4. The average Bonchev–Trinajstić information content (AvgIpc) is 3.02. The van der Waals surface area contributed by atoms with E-state index < -0.39 is 0 Å². The van der Waals surface area contributed by atoms with Gasteiger partial charge in [-0.05, 0) is 44.7 Å². The van der Waals surface area contributed by atoms with Gasteiger partial charge in [0.25, 0.3) is 0 Å². The summed E-state index contributed by atoms with van der Waals surface area (Å²) in [5.74, 6) is 6.24. The SMILES string of the molecule is NNc1ncc(F)c(N2CCC(CN3CCCC3)CC2)n1. The third-order valence-corrected chi connectivity index (χ3v) is 4.48. The molecule has 3 N–H and O–H groups in total. The molecule has 1 aromatic rings. The molecule has 0 bridgehead atoms. The topological polar surface area (TPSA) is 70.3 Å². The highest BCUT2D eigenvalue weighted by Crippen LogP contribution is 2.25. The van der Waals surface area contributed by atoms with Crippen LogP contribution in [0.5, 0.6) is 0 Å². The number of nitrogens with zero attached hydrogens (tertiary/aromatic N) is 4. The van der Waals surface area contributed by atoms with Gasteiger partial charge >= 0.3 is 0 Å². The number of aromatic nitrogens is 2. The van der Waals surface area contributed by atoms with Crippen molar-refractivity contribution >= 4 is 11.8 Å². The van der Waals surface area contributed by atoms with Crippen molar-refractivity contribution in [1.29, 1.82) is 0 Å². The molecular formula is C14H23FN6. The Kier molecular flexibility index (Phi) is 4.50. The van der Waals surface area contributed by atoms with Crippen molar-refractivity contribution in [3.63, 3.8) is 0 Å². The number of halogens is 1. The van der Waals surface area contributed by atoms with E-state index >= 15 is 0 Å². The van der Waals surface area contributed by atoms with Gasteiger partial charge in [0.2, 0.25) is 5.95 Å². The number of anilines is 2. The lowest BCUT2D eigenvalue weighted by molar-refractivity contribution is 0.249. The number of likely N-dealkylation sites (tertiary alicyclic amines) is 1. The van der Waals surface area contributed by atoms with Crippen LogP contribution in [0.4, 0.5) is 16.2 Å². The summed E-state index contributed by atoms with van der Waals surface area (Å²) in [5, 5.41) is 0. The van der Waals surface area contributed by atoms with E-state index in [0.29, 0.717) is 5.82 Å². The van der Waals surface area contributed by atoms with Gasteiger partial charge in [-0.25, -0.2) is 15.2 Å². The van der Waals surface area contributed by atoms with E-state index in [9.17, 15) is 4.39 Å². The summed E-state index contributed by atoms with van der Waals surface area (Å²) < 4.78 is 13.9. The first-order chi connectivity index (χ1) is 10.3. The number of hydrazine groups is 1. The van der Waals surface area contributed by atoms with Crippen LogP contribution < -0.4 is 16.2 Å². The molecule has 1 aromatic heterocycles. The summed E-state index contributed by atoms with van der Waals surface area (Å²) in [6.45, 7) is 5.36. The van der Waals surface area contributed by atoms with Gasteiger partial charge in [0.15, 0.2) is 11.6 Å². The van der Waals surface area contributed by atoms with Gasteiger partial charge < -0.3 is 9.80 Å². The van der Waals surface area contributed by atoms with E-state index in [0.717, 1.165) is 31.8 Å². The summed E-state index contributed by atoms with van der Waals surface area (Å²) in [5.41, 5.74) is 2.37. The molecular weight excluding hydrogens is 271 g/mol. The van der Waals surface area contributed by atoms with Crippen LogP contribution in [0.2, 0.25) is 0 Å². The fourth-order valence-electron chi connectivity index (χ4n) is 3.31. The van der Waals surface area contributed by atoms with Crippen LogP contribution in [-0.2, 0) is 0 Å². The van der Waals surface area contributed by atoms with Crippen molar-refractivity contribution in [3.05, 3.63) is 12.0 Å². The number of nitrogens with one attached hydrogen (secondary N) is 1. The Hall–Kier alpha value is -1.47. The molecule has 2 saturated heterocycles. The van der Waals surface area contributed by atoms with Gasteiger partial charge in [0.05, 0.1) is 6.20 Å². The van der Waals surface area contributed by atoms with Crippen molar-refractivity contribution in [2.45, 2.75) is 25.7 Å². The maximum absolute atomic E-state index is 13.9. The fourth-order valence-corrected chi connectivity index (χ4v) is 3.31. The maximum atomic E-state index is 13.9. The van der Waals surface area contributed by atoms with Crippen LogP contribution in [0.3, 0.4) is 0 Å². The molecule has 2 aliphatic rings. The van der Waals surface area contributed by atoms with E-state index in [1.807, 2.05) is 4.90 Å². The Bertz CT molecular complexity index is 469. The first-order valence-corrected chi connectivity index (χ1v) is 7.72. The minimum Gasteiger partial charge on any atom is -0.354 e. The molecule has 0 radical (unpaired) electrons.